The molecule has 1 aromatic rings. The highest BCUT2D eigenvalue weighted by Crippen LogP contribution is 2.29. The van der Waals surface area contributed by atoms with Crippen molar-refractivity contribution < 1.29 is 4.74 Å². The number of hydrogen-bond acceptors (Lipinski definition) is 3. The largest absolute Gasteiger partial charge is 0.470 e. The molecule has 0 aliphatic rings. The fourth-order valence-corrected chi connectivity index (χ4v) is 1.75. The number of hydrogen-bond donors (Lipinski definition) is 0. The van der Waals surface area contributed by atoms with Gasteiger partial charge in [-0.1, -0.05) is 11.3 Å². The van der Waals surface area contributed by atoms with Crippen LogP contribution in [0.3, 0.4) is 0 Å². The molecular weight excluding hydrogens is 214 g/mol. The maximum Gasteiger partial charge on any atom is 0.274 e. The number of aryl methyl sites for hydroxylation is 1. The average Bonchev–Trinajstić information content (AvgIpc) is 2.14. The van der Waals surface area contributed by atoms with Gasteiger partial charge in [-0.3, -0.25) is 0 Å². The number of thiazole rings is 1. The second-order valence-corrected chi connectivity index (χ2v) is 4.05. The summed E-state index contributed by atoms with van der Waals surface area (Å²) in [5, 5.41) is 0.742. The van der Waals surface area contributed by atoms with E-state index < -0.39 is 0 Å². The summed E-state index contributed by atoms with van der Waals surface area (Å²) in [7, 11) is 0. The number of nitrogens with zero attached hydrogens (tertiary/aromatic N) is 1. The SMILES string of the molecule is CCOc1nc(C)c(Br)s1. The first kappa shape index (κ1) is 8.01. The first-order valence-corrected chi connectivity index (χ1v) is 4.60. The van der Waals surface area contributed by atoms with Crippen molar-refractivity contribution in [2.75, 3.05) is 6.61 Å². The zero-order chi connectivity index (χ0) is 7.56. The normalized spacial score (nSPS) is 9.90. The van der Waals surface area contributed by atoms with Crippen LogP contribution in [0.5, 0.6) is 5.19 Å². The Morgan fingerprint density at radius 1 is 1.70 bits per heavy atom. The topological polar surface area (TPSA) is 22.1 Å². The van der Waals surface area contributed by atoms with E-state index in [0.717, 1.165) is 14.7 Å². The summed E-state index contributed by atoms with van der Waals surface area (Å²) in [4.78, 5) is 4.15. The van der Waals surface area contributed by atoms with Crippen LogP contribution in [0.2, 0.25) is 0 Å². The van der Waals surface area contributed by atoms with Gasteiger partial charge in [-0.15, -0.1) is 0 Å². The fourth-order valence-electron chi connectivity index (χ4n) is 0.539. The van der Waals surface area contributed by atoms with Gasteiger partial charge in [0.1, 0.15) is 0 Å². The molecule has 0 saturated heterocycles. The molecular formula is C6H8BrNOS. The Kier molecular flexibility index (Phi) is 2.68. The Labute approximate surface area is 72.4 Å². The van der Waals surface area contributed by atoms with Crippen molar-refractivity contribution in [1.29, 1.82) is 0 Å². The van der Waals surface area contributed by atoms with Crippen molar-refractivity contribution >= 4 is 27.3 Å². The van der Waals surface area contributed by atoms with Crippen LogP contribution >= 0.6 is 27.3 Å². The molecule has 0 saturated carbocycles. The van der Waals surface area contributed by atoms with Crippen molar-refractivity contribution in [3.8, 4) is 5.19 Å². The molecule has 0 aromatic carbocycles. The van der Waals surface area contributed by atoms with Gasteiger partial charge in [0.15, 0.2) is 0 Å². The standard InChI is InChI=1S/C6H8BrNOS/c1-3-9-6-8-4(2)5(7)10-6/h3H2,1-2H3. The highest BCUT2D eigenvalue weighted by Gasteiger charge is 2.03. The maximum absolute atomic E-state index is 5.18. The molecule has 0 spiro atoms. The van der Waals surface area contributed by atoms with E-state index in [-0.39, 0.29) is 0 Å². The Hall–Kier alpha value is -0.0900. The van der Waals surface area contributed by atoms with Crippen molar-refractivity contribution in [3.63, 3.8) is 0 Å². The van der Waals surface area contributed by atoms with Crippen LogP contribution in [0.15, 0.2) is 3.79 Å². The summed E-state index contributed by atoms with van der Waals surface area (Å²) < 4.78 is 6.24. The Balaban J connectivity index is 2.77. The molecule has 2 nitrogen and oxygen atoms in total. The molecule has 1 heterocycles. The number of halogens is 1. The zero-order valence-electron chi connectivity index (χ0n) is 5.85. The lowest BCUT2D eigenvalue weighted by Crippen LogP contribution is -1.89. The van der Waals surface area contributed by atoms with Crippen molar-refractivity contribution in [3.05, 3.63) is 9.48 Å². The van der Waals surface area contributed by atoms with Crippen LogP contribution in [0.4, 0.5) is 0 Å². The predicted molar refractivity (Wildman–Crippen MR) is 45.7 cm³/mol. The molecule has 0 unspecified atom stereocenters. The van der Waals surface area contributed by atoms with E-state index in [1.54, 1.807) is 0 Å². The van der Waals surface area contributed by atoms with Crippen LogP contribution in [0, 0.1) is 6.92 Å². The summed E-state index contributed by atoms with van der Waals surface area (Å²) in [6.07, 6.45) is 0. The molecule has 4 heteroatoms. The summed E-state index contributed by atoms with van der Waals surface area (Å²) in [6.45, 7) is 4.58. The first-order chi connectivity index (χ1) is 4.74. The summed E-state index contributed by atoms with van der Waals surface area (Å²) in [5.74, 6) is 0. The first-order valence-electron chi connectivity index (χ1n) is 2.99. The summed E-state index contributed by atoms with van der Waals surface area (Å²) in [6, 6.07) is 0. The van der Waals surface area contributed by atoms with Gasteiger partial charge >= 0.3 is 0 Å². The van der Waals surface area contributed by atoms with Gasteiger partial charge in [-0.25, -0.2) is 4.98 Å². The average molecular weight is 222 g/mol. The van der Waals surface area contributed by atoms with Crippen LogP contribution in [-0.2, 0) is 0 Å². The third kappa shape index (κ3) is 1.70. The van der Waals surface area contributed by atoms with Crippen molar-refractivity contribution in [2.24, 2.45) is 0 Å². The monoisotopic (exact) mass is 221 g/mol. The number of rotatable bonds is 2. The lowest BCUT2D eigenvalue weighted by molar-refractivity contribution is 0.338. The molecule has 0 bridgehead atoms. The number of aromatic nitrogens is 1. The van der Waals surface area contributed by atoms with Crippen LogP contribution < -0.4 is 4.74 Å². The van der Waals surface area contributed by atoms with E-state index in [2.05, 4.69) is 20.9 Å². The Morgan fingerprint density at radius 3 is 2.80 bits per heavy atom. The quantitative estimate of drug-likeness (QED) is 0.767. The number of ether oxygens (including phenoxy) is 1. The van der Waals surface area contributed by atoms with Gasteiger partial charge in [0.2, 0.25) is 0 Å². The molecule has 0 aliphatic heterocycles. The summed E-state index contributed by atoms with van der Waals surface area (Å²) in [5.41, 5.74) is 0.994. The molecule has 0 atom stereocenters. The molecule has 0 radical (unpaired) electrons. The minimum Gasteiger partial charge on any atom is -0.470 e. The van der Waals surface area contributed by atoms with E-state index >= 15 is 0 Å². The molecule has 0 fully saturated rings. The summed E-state index contributed by atoms with van der Waals surface area (Å²) >= 11 is 4.88. The van der Waals surface area contributed by atoms with Gasteiger partial charge in [0, 0.05) is 0 Å². The molecule has 0 N–H and O–H groups in total. The Bertz CT molecular complexity index is 204. The molecule has 1 rings (SSSR count). The third-order valence-corrected chi connectivity index (χ3v) is 2.91. The van der Waals surface area contributed by atoms with E-state index in [1.165, 1.54) is 11.3 Å². The highest BCUT2D eigenvalue weighted by molar-refractivity contribution is 9.11. The highest BCUT2D eigenvalue weighted by atomic mass is 79.9. The van der Waals surface area contributed by atoms with Crippen LogP contribution in [0.1, 0.15) is 12.6 Å². The minimum absolute atomic E-state index is 0.680. The Morgan fingerprint density at radius 2 is 2.40 bits per heavy atom. The fraction of sp³-hybridized carbons (Fsp3) is 0.500. The van der Waals surface area contributed by atoms with E-state index in [1.807, 2.05) is 13.8 Å². The van der Waals surface area contributed by atoms with Gasteiger partial charge in [0.05, 0.1) is 16.1 Å². The third-order valence-electron chi connectivity index (χ3n) is 0.988. The molecule has 10 heavy (non-hydrogen) atoms. The van der Waals surface area contributed by atoms with Gasteiger partial charge in [0.25, 0.3) is 5.19 Å². The van der Waals surface area contributed by atoms with Gasteiger partial charge in [-0.05, 0) is 29.8 Å². The van der Waals surface area contributed by atoms with E-state index in [0.29, 0.717) is 6.61 Å². The van der Waals surface area contributed by atoms with E-state index in [4.69, 9.17) is 4.74 Å². The maximum atomic E-state index is 5.18. The molecule has 0 aliphatic carbocycles. The van der Waals surface area contributed by atoms with Crippen LogP contribution in [-0.4, -0.2) is 11.6 Å². The smallest absolute Gasteiger partial charge is 0.274 e. The van der Waals surface area contributed by atoms with E-state index in [9.17, 15) is 0 Å². The van der Waals surface area contributed by atoms with Crippen LogP contribution in [0.25, 0.3) is 0 Å². The lowest BCUT2D eigenvalue weighted by atomic mass is 10.6. The predicted octanol–water partition coefficient (Wildman–Crippen LogP) is 2.61. The van der Waals surface area contributed by atoms with Crippen molar-refractivity contribution in [1.82, 2.24) is 4.98 Å². The molecule has 1 aromatic heterocycles. The molecule has 0 amide bonds. The minimum atomic E-state index is 0.680. The lowest BCUT2D eigenvalue weighted by Gasteiger charge is -1.92. The molecule has 56 valence electrons. The second-order valence-electron chi connectivity index (χ2n) is 1.77. The van der Waals surface area contributed by atoms with Gasteiger partial charge < -0.3 is 4.74 Å². The van der Waals surface area contributed by atoms with Gasteiger partial charge in [-0.2, -0.15) is 0 Å². The second kappa shape index (κ2) is 3.34. The van der Waals surface area contributed by atoms with Crippen molar-refractivity contribution in [2.45, 2.75) is 13.8 Å². The zero-order valence-corrected chi connectivity index (χ0v) is 8.25.